The molecule has 1 rings (SSSR count). The molecule has 0 saturated heterocycles. The fraction of sp³-hybridized carbons (Fsp3) is 0.594. The van der Waals surface area contributed by atoms with Gasteiger partial charge in [-0.25, -0.2) is 4.79 Å². The molecule has 0 bridgehead atoms. The lowest BCUT2D eigenvalue weighted by Crippen LogP contribution is -2.59. The van der Waals surface area contributed by atoms with Crippen molar-refractivity contribution in [1.82, 2.24) is 31.9 Å². The number of carboxylic acids is 1. The highest BCUT2D eigenvalue weighted by atomic mass is 16.4. The average molecular weight is 693 g/mol. The van der Waals surface area contributed by atoms with Gasteiger partial charge < -0.3 is 53.6 Å². The van der Waals surface area contributed by atoms with E-state index in [1.54, 1.807) is 44.2 Å². The Bertz CT molecular complexity index is 1280. The second-order valence-electron chi connectivity index (χ2n) is 12.2. The summed E-state index contributed by atoms with van der Waals surface area (Å²) in [6.45, 7) is 7.09. The van der Waals surface area contributed by atoms with Gasteiger partial charge in [-0.15, -0.1) is 0 Å². The van der Waals surface area contributed by atoms with Crippen molar-refractivity contribution >= 4 is 41.4 Å². The van der Waals surface area contributed by atoms with Crippen LogP contribution in [-0.4, -0.2) is 107 Å². The van der Waals surface area contributed by atoms with Gasteiger partial charge in [0.1, 0.15) is 30.2 Å². The summed E-state index contributed by atoms with van der Waals surface area (Å²) >= 11 is 0. The Morgan fingerprint density at radius 3 is 1.86 bits per heavy atom. The molecular weight excluding hydrogens is 640 g/mol. The molecule has 0 aliphatic heterocycles. The number of aliphatic carboxylic acids is 1. The van der Waals surface area contributed by atoms with Crippen LogP contribution < -0.4 is 43.4 Å². The van der Waals surface area contributed by atoms with Crippen molar-refractivity contribution < 1.29 is 43.8 Å². The monoisotopic (exact) mass is 692 g/mol. The lowest BCUT2D eigenvalue weighted by atomic mass is 10.00. The molecule has 0 heterocycles. The van der Waals surface area contributed by atoms with Gasteiger partial charge >= 0.3 is 5.97 Å². The molecule has 12 N–H and O–H groups in total. The van der Waals surface area contributed by atoms with Gasteiger partial charge in [0.2, 0.25) is 35.4 Å². The molecular formula is C32H52N8O9. The second kappa shape index (κ2) is 21.4. The van der Waals surface area contributed by atoms with Crippen molar-refractivity contribution in [2.45, 2.75) is 103 Å². The number of carbonyl (C=O) groups is 7. The Hall–Kier alpha value is -4.61. The topological polar surface area (TPSA) is 284 Å². The van der Waals surface area contributed by atoms with Crippen LogP contribution >= 0.6 is 0 Å². The van der Waals surface area contributed by atoms with Gasteiger partial charge in [-0.3, -0.25) is 28.8 Å². The van der Waals surface area contributed by atoms with Gasteiger partial charge in [0, 0.05) is 6.42 Å². The predicted molar refractivity (Wildman–Crippen MR) is 179 cm³/mol. The first-order valence-corrected chi connectivity index (χ1v) is 16.2. The quantitative estimate of drug-likeness (QED) is 0.0596. The number of aliphatic hydroxyl groups excluding tert-OH is 1. The summed E-state index contributed by atoms with van der Waals surface area (Å²) in [5.41, 5.74) is 11.6. The Morgan fingerprint density at radius 2 is 1.33 bits per heavy atom. The van der Waals surface area contributed by atoms with E-state index in [2.05, 4.69) is 31.9 Å². The number of carboxylic acid groups (broad SMARTS) is 1. The van der Waals surface area contributed by atoms with Crippen LogP contribution in [0.25, 0.3) is 0 Å². The smallest absolute Gasteiger partial charge is 0.326 e. The maximum absolute atomic E-state index is 13.5. The minimum absolute atomic E-state index is 0.00696. The molecule has 6 amide bonds. The summed E-state index contributed by atoms with van der Waals surface area (Å²) in [5.74, 6) is -6.23. The van der Waals surface area contributed by atoms with Crippen molar-refractivity contribution in [2.24, 2.45) is 17.4 Å². The van der Waals surface area contributed by atoms with Gasteiger partial charge in [0.25, 0.3) is 0 Å². The number of nitrogens with one attached hydrogen (secondary N) is 6. The maximum Gasteiger partial charge on any atom is 0.326 e. The first-order chi connectivity index (χ1) is 23.0. The third-order valence-corrected chi connectivity index (χ3v) is 7.39. The lowest BCUT2D eigenvalue weighted by molar-refractivity contribution is -0.142. The van der Waals surface area contributed by atoms with Gasteiger partial charge in [0.15, 0.2) is 0 Å². The molecule has 0 radical (unpaired) electrons. The van der Waals surface area contributed by atoms with E-state index in [0.29, 0.717) is 24.9 Å². The van der Waals surface area contributed by atoms with Crippen molar-refractivity contribution in [3.63, 3.8) is 0 Å². The van der Waals surface area contributed by atoms with Crippen LogP contribution in [0.3, 0.4) is 0 Å². The second-order valence-corrected chi connectivity index (χ2v) is 12.2. The number of unbranched alkanes of at least 4 members (excludes halogenated alkanes) is 1. The van der Waals surface area contributed by atoms with E-state index in [0.717, 1.165) is 0 Å². The molecule has 0 saturated carbocycles. The van der Waals surface area contributed by atoms with Crippen molar-refractivity contribution in [3.05, 3.63) is 35.9 Å². The standard InChI is InChI=1S/C32H52N8O9/c1-17(2)25(31(47)38-22(32(48)49)13-9-10-14-33)39-29(45)23(15-21-11-7-6-8-12-21)37-24(42)16-35-30(46)26(20(5)41)40-28(44)19(4)36-27(43)18(3)34/h6-8,11-12,17-20,22-23,25-26,41H,9-10,13-16,33-34H2,1-5H3,(H,35,46)(H,36,43)(H,37,42)(H,38,47)(H,39,45)(H,40,44)(H,48,49)/t18-,19-,20+,22-,23-,25-,26-/m0/s1. The molecule has 1 aromatic carbocycles. The molecule has 0 aliphatic rings. The van der Waals surface area contributed by atoms with E-state index >= 15 is 0 Å². The molecule has 0 aliphatic carbocycles. The number of amides is 6. The fourth-order valence-corrected chi connectivity index (χ4v) is 4.48. The SMILES string of the molecule is CC(C)[C@H](NC(=O)[C@H](Cc1ccccc1)NC(=O)CNC(=O)[C@@H](NC(=O)[C@H](C)NC(=O)[C@H](C)N)[C@@H](C)O)C(=O)N[C@@H](CCCCN)C(=O)O. The molecule has 17 heteroatoms. The minimum atomic E-state index is -1.49. The summed E-state index contributed by atoms with van der Waals surface area (Å²) in [7, 11) is 0. The summed E-state index contributed by atoms with van der Waals surface area (Å²) in [5, 5.41) is 34.4. The van der Waals surface area contributed by atoms with Crippen molar-refractivity contribution in [2.75, 3.05) is 13.1 Å². The van der Waals surface area contributed by atoms with Crippen LogP contribution in [0.4, 0.5) is 0 Å². The normalized spacial score (nSPS) is 15.3. The maximum atomic E-state index is 13.5. The highest BCUT2D eigenvalue weighted by Crippen LogP contribution is 2.09. The van der Waals surface area contributed by atoms with Gasteiger partial charge in [-0.05, 0) is 58.1 Å². The zero-order chi connectivity index (χ0) is 37.3. The van der Waals surface area contributed by atoms with E-state index in [1.807, 2.05) is 0 Å². The Kier molecular flexibility index (Phi) is 18.5. The number of rotatable bonds is 21. The highest BCUT2D eigenvalue weighted by molar-refractivity contribution is 5.96. The van der Waals surface area contributed by atoms with Crippen LogP contribution in [-0.2, 0) is 40.0 Å². The summed E-state index contributed by atoms with van der Waals surface area (Å²) in [4.78, 5) is 88.6. The van der Waals surface area contributed by atoms with Crippen molar-refractivity contribution in [1.29, 1.82) is 0 Å². The molecule has 0 fully saturated rings. The minimum Gasteiger partial charge on any atom is -0.480 e. The summed E-state index contributed by atoms with van der Waals surface area (Å²) in [6, 6.07) is 1.69. The largest absolute Gasteiger partial charge is 0.480 e. The van der Waals surface area contributed by atoms with E-state index in [-0.39, 0.29) is 12.8 Å². The van der Waals surface area contributed by atoms with E-state index in [9.17, 15) is 43.8 Å². The summed E-state index contributed by atoms with van der Waals surface area (Å²) in [6.07, 6.45) is -0.178. The third kappa shape index (κ3) is 15.4. The van der Waals surface area contributed by atoms with Gasteiger partial charge in [-0.1, -0.05) is 44.2 Å². The number of hydrogen-bond donors (Lipinski definition) is 10. The van der Waals surface area contributed by atoms with Gasteiger partial charge in [0.05, 0.1) is 18.7 Å². The molecule has 7 atom stereocenters. The fourth-order valence-electron chi connectivity index (χ4n) is 4.48. The Balaban J connectivity index is 3.02. The van der Waals surface area contributed by atoms with Gasteiger partial charge in [-0.2, -0.15) is 0 Å². The van der Waals surface area contributed by atoms with Crippen LogP contribution in [0, 0.1) is 5.92 Å². The van der Waals surface area contributed by atoms with Crippen LogP contribution in [0.1, 0.15) is 59.4 Å². The lowest BCUT2D eigenvalue weighted by Gasteiger charge is -2.27. The van der Waals surface area contributed by atoms with Crippen LogP contribution in [0.15, 0.2) is 30.3 Å². The van der Waals surface area contributed by atoms with E-state index < -0.39 is 96.2 Å². The predicted octanol–water partition coefficient (Wildman–Crippen LogP) is -2.61. The first-order valence-electron chi connectivity index (χ1n) is 16.2. The van der Waals surface area contributed by atoms with E-state index in [1.165, 1.54) is 20.8 Å². The molecule has 274 valence electrons. The van der Waals surface area contributed by atoms with Crippen LogP contribution in [0.2, 0.25) is 0 Å². The third-order valence-electron chi connectivity index (χ3n) is 7.39. The van der Waals surface area contributed by atoms with Crippen LogP contribution in [0.5, 0.6) is 0 Å². The zero-order valence-electron chi connectivity index (χ0n) is 28.7. The summed E-state index contributed by atoms with van der Waals surface area (Å²) < 4.78 is 0. The molecule has 0 spiro atoms. The number of hydrogen-bond acceptors (Lipinski definition) is 10. The number of aliphatic hydroxyl groups is 1. The Labute approximate surface area is 286 Å². The number of benzene rings is 1. The first kappa shape index (κ1) is 42.4. The van der Waals surface area contributed by atoms with Crippen molar-refractivity contribution in [3.8, 4) is 0 Å². The zero-order valence-corrected chi connectivity index (χ0v) is 28.7. The number of nitrogens with two attached hydrogens (primary N) is 2. The molecule has 17 nitrogen and oxygen atoms in total. The molecule has 49 heavy (non-hydrogen) atoms. The molecule has 0 aromatic heterocycles. The molecule has 1 aromatic rings. The highest BCUT2D eigenvalue weighted by Gasteiger charge is 2.32. The average Bonchev–Trinajstić information content (AvgIpc) is 3.03. The number of carbonyl (C=O) groups excluding carboxylic acids is 6. The molecule has 0 unspecified atom stereocenters. The van der Waals surface area contributed by atoms with E-state index in [4.69, 9.17) is 11.5 Å². The Morgan fingerprint density at radius 1 is 0.714 bits per heavy atom.